The molecule has 160 valence electrons. The molecule has 1 atom stereocenters. The topological polar surface area (TPSA) is 64.4 Å². The number of aromatic nitrogens is 2. The predicted molar refractivity (Wildman–Crippen MR) is 123 cm³/mol. The maximum atomic E-state index is 13.0. The monoisotopic (exact) mass is 425 g/mol. The first-order valence-electron chi connectivity index (χ1n) is 10.6. The fourth-order valence-electron chi connectivity index (χ4n) is 4.34. The van der Waals surface area contributed by atoms with Crippen LogP contribution in [0.2, 0.25) is 0 Å². The van der Waals surface area contributed by atoms with Gasteiger partial charge in [0.15, 0.2) is 5.78 Å². The van der Waals surface area contributed by atoms with Crippen LogP contribution in [0.25, 0.3) is 11.0 Å². The Morgan fingerprint density at radius 3 is 2.62 bits per heavy atom. The fourth-order valence-corrected chi connectivity index (χ4v) is 4.34. The zero-order valence-corrected chi connectivity index (χ0v) is 17.8. The third kappa shape index (κ3) is 3.64. The summed E-state index contributed by atoms with van der Waals surface area (Å²) in [5.74, 6) is 1.43. The quantitative estimate of drug-likeness (QED) is 0.428. The molecule has 0 radical (unpaired) electrons. The summed E-state index contributed by atoms with van der Waals surface area (Å²) in [5.41, 5.74) is 3.20. The van der Waals surface area contributed by atoms with Crippen molar-refractivity contribution in [1.82, 2.24) is 9.55 Å². The van der Waals surface area contributed by atoms with Gasteiger partial charge in [-0.15, -0.1) is 0 Å². The summed E-state index contributed by atoms with van der Waals surface area (Å²) in [6, 6.07) is 24.6. The molecule has 2 heterocycles. The maximum absolute atomic E-state index is 13.0. The first-order valence-corrected chi connectivity index (χ1v) is 10.6. The number of nitrogens with zero attached hydrogens (tertiary/aromatic N) is 3. The summed E-state index contributed by atoms with van der Waals surface area (Å²) in [6.45, 7) is 0.693. The largest absolute Gasteiger partial charge is 0.497 e. The van der Waals surface area contributed by atoms with Crippen molar-refractivity contribution < 1.29 is 14.3 Å². The van der Waals surface area contributed by atoms with Crippen molar-refractivity contribution >= 4 is 28.4 Å². The highest BCUT2D eigenvalue weighted by Crippen LogP contribution is 2.34. The number of amides is 1. The van der Waals surface area contributed by atoms with Gasteiger partial charge in [-0.1, -0.05) is 48.5 Å². The number of benzene rings is 3. The Bertz CT molecular complexity index is 1300. The zero-order chi connectivity index (χ0) is 22.1. The van der Waals surface area contributed by atoms with Gasteiger partial charge in [0.25, 0.3) is 0 Å². The molecule has 1 aliphatic rings. The number of para-hydroxylation sites is 2. The zero-order valence-electron chi connectivity index (χ0n) is 17.8. The molecule has 1 fully saturated rings. The third-order valence-electron chi connectivity index (χ3n) is 5.94. The third-order valence-corrected chi connectivity index (χ3v) is 5.94. The van der Waals surface area contributed by atoms with Gasteiger partial charge >= 0.3 is 0 Å². The van der Waals surface area contributed by atoms with E-state index in [4.69, 9.17) is 9.72 Å². The summed E-state index contributed by atoms with van der Waals surface area (Å²) >= 11 is 0. The van der Waals surface area contributed by atoms with Gasteiger partial charge in [0.2, 0.25) is 5.91 Å². The van der Waals surface area contributed by atoms with E-state index in [2.05, 4.69) is 0 Å². The number of methoxy groups -OCH3 is 1. The van der Waals surface area contributed by atoms with E-state index in [0.717, 1.165) is 22.5 Å². The number of carbonyl (C=O) groups is 2. The van der Waals surface area contributed by atoms with Gasteiger partial charge in [-0.05, 0) is 24.3 Å². The van der Waals surface area contributed by atoms with Crippen LogP contribution >= 0.6 is 0 Å². The Morgan fingerprint density at radius 2 is 1.81 bits per heavy atom. The molecule has 4 aromatic rings. The number of hydrogen-bond acceptors (Lipinski definition) is 4. The molecule has 0 saturated carbocycles. The Labute approximate surface area is 186 Å². The second kappa shape index (κ2) is 8.30. The minimum absolute atomic E-state index is 0.0176. The summed E-state index contributed by atoms with van der Waals surface area (Å²) in [6.07, 6.45) is 0.347. The summed E-state index contributed by atoms with van der Waals surface area (Å²) in [5, 5.41) is 0. The van der Waals surface area contributed by atoms with E-state index in [1.807, 2.05) is 83.4 Å². The van der Waals surface area contributed by atoms with Crippen LogP contribution in [-0.2, 0) is 11.3 Å². The second-order valence-corrected chi connectivity index (χ2v) is 7.94. The number of fused-ring (bicyclic) bond motifs is 1. The number of anilines is 1. The van der Waals surface area contributed by atoms with E-state index in [-0.39, 0.29) is 24.2 Å². The van der Waals surface area contributed by atoms with Crippen LogP contribution in [0.5, 0.6) is 5.75 Å². The molecule has 0 N–H and O–H groups in total. The van der Waals surface area contributed by atoms with Gasteiger partial charge in [0, 0.05) is 36.2 Å². The average Bonchev–Trinajstić information content (AvgIpc) is 3.40. The fraction of sp³-hybridized carbons (Fsp3) is 0.192. The predicted octanol–water partition coefficient (Wildman–Crippen LogP) is 4.45. The number of imidazole rings is 1. The van der Waals surface area contributed by atoms with Crippen molar-refractivity contribution in [2.45, 2.75) is 18.9 Å². The van der Waals surface area contributed by atoms with E-state index in [1.165, 1.54) is 0 Å². The van der Waals surface area contributed by atoms with Crippen LogP contribution in [0, 0.1) is 0 Å². The molecule has 0 bridgehead atoms. The Balaban J connectivity index is 1.49. The molecule has 1 unspecified atom stereocenters. The molecule has 1 amide bonds. The number of hydrogen-bond donors (Lipinski definition) is 0. The van der Waals surface area contributed by atoms with Gasteiger partial charge in [-0.3, -0.25) is 9.59 Å². The van der Waals surface area contributed by atoms with Gasteiger partial charge in [0.1, 0.15) is 11.6 Å². The molecule has 6 heteroatoms. The Morgan fingerprint density at radius 1 is 1.03 bits per heavy atom. The van der Waals surface area contributed by atoms with Crippen LogP contribution in [0.3, 0.4) is 0 Å². The lowest BCUT2D eigenvalue weighted by Gasteiger charge is -2.18. The normalized spacial score (nSPS) is 16.0. The molecular weight excluding hydrogens is 402 g/mol. The summed E-state index contributed by atoms with van der Waals surface area (Å²) in [4.78, 5) is 32.5. The molecule has 1 aromatic heterocycles. The van der Waals surface area contributed by atoms with E-state index in [9.17, 15) is 9.59 Å². The highest BCUT2D eigenvalue weighted by Gasteiger charge is 2.35. The number of carbonyl (C=O) groups excluding carboxylic acids is 2. The number of rotatable bonds is 6. The van der Waals surface area contributed by atoms with Crippen LogP contribution < -0.4 is 9.64 Å². The first kappa shape index (κ1) is 20.0. The lowest BCUT2D eigenvalue weighted by Crippen LogP contribution is -2.24. The number of ether oxygens (including phenoxy) is 1. The van der Waals surface area contributed by atoms with Crippen LogP contribution in [0.4, 0.5) is 5.69 Å². The summed E-state index contributed by atoms with van der Waals surface area (Å²) < 4.78 is 7.28. The van der Waals surface area contributed by atoms with E-state index >= 15 is 0 Å². The molecule has 32 heavy (non-hydrogen) atoms. The molecule has 0 spiro atoms. The van der Waals surface area contributed by atoms with Gasteiger partial charge in [-0.25, -0.2) is 4.98 Å². The maximum Gasteiger partial charge on any atom is 0.227 e. The van der Waals surface area contributed by atoms with Crippen LogP contribution in [0.1, 0.15) is 28.5 Å². The van der Waals surface area contributed by atoms with Crippen LogP contribution in [-0.4, -0.2) is 34.9 Å². The van der Waals surface area contributed by atoms with Crippen molar-refractivity contribution in [3.63, 3.8) is 0 Å². The second-order valence-electron chi connectivity index (χ2n) is 7.94. The lowest BCUT2D eigenvalue weighted by molar-refractivity contribution is -0.117. The first-order chi connectivity index (χ1) is 15.6. The molecule has 0 aliphatic carbocycles. The van der Waals surface area contributed by atoms with Gasteiger partial charge in [0.05, 0.1) is 24.7 Å². The number of ketones is 1. The standard InChI is InChI=1S/C26H23N3O3/c1-32-21-11-7-10-20(15-21)28-16-19(14-25(28)31)26-27-22-12-5-6-13-23(22)29(26)17-24(30)18-8-3-2-4-9-18/h2-13,15,19H,14,16-17H2,1H3. The average molecular weight is 425 g/mol. The van der Waals surface area contributed by atoms with Gasteiger partial charge < -0.3 is 14.2 Å². The van der Waals surface area contributed by atoms with Crippen molar-refractivity contribution in [2.24, 2.45) is 0 Å². The molecular formula is C26H23N3O3. The molecule has 1 aliphatic heterocycles. The highest BCUT2D eigenvalue weighted by molar-refractivity contribution is 5.98. The van der Waals surface area contributed by atoms with Crippen molar-refractivity contribution in [3.05, 3.63) is 90.3 Å². The Hall–Kier alpha value is -3.93. The van der Waals surface area contributed by atoms with Crippen molar-refractivity contribution in [2.75, 3.05) is 18.6 Å². The molecule has 5 rings (SSSR count). The lowest BCUT2D eigenvalue weighted by atomic mass is 10.1. The minimum atomic E-state index is -0.107. The smallest absolute Gasteiger partial charge is 0.227 e. The molecule has 3 aromatic carbocycles. The highest BCUT2D eigenvalue weighted by atomic mass is 16.5. The van der Waals surface area contributed by atoms with Crippen LogP contribution in [0.15, 0.2) is 78.9 Å². The van der Waals surface area contributed by atoms with Gasteiger partial charge in [-0.2, -0.15) is 0 Å². The van der Waals surface area contributed by atoms with Crippen molar-refractivity contribution in [3.8, 4) is 5.75 Å². The SMILES string of the molecule is COc1cccc(N2CC(c3nc4ccccc4n3CC(=O)c3ccccc3)CC2=O)c1. The van der Waals surface area contributed by atoms with Crippen molar-refractivity contribution in [1.29, 1.82) is 0 Å². The van der Waals surface area contributed by atoms with E-state index < -0.39 is 0 Å². The summed E-state index contributed by atoms with van der Waals surface area (Å²) in [7, 11) is 1.61. The minimum Gasteiger partial charge on any atom is -0.497 e. The van der Waals surface area contributed by atoms with E-state index in [0.29, 0.717) is 24.3 Å². The van der Waals surface area contributed by atoms with E-state index in [1.54, 1.807) is 12.0 Å². The molecule has 1 saturated heterocycles. The Kier molecular flexibility index (Phi) is 5.19. The molecule has 6 nitrogen and oxygen atoms in total. The number of Topliss-reactive ketones (excluding diaryl/α,β-unsaturated/α-hetero) is 1.